The summed E-state index contributed by atoms with van der Waals surface area (Å²) in [5.41, 5.74) is 0. The Kier molecular flexibility index (Phi) is 12.0. The Balaban J connectivity index is 1.21. The van der Waals surface area contributed by atoms with Crippen LogP contribution >= 0.6 is 0 Å². The Labute approximate surface area is 298 Å². The van der Waals surface area contributed by atoms with Crippen molar-refractivity contribution in [1.29, 1.82) is 0 Å². The van der Waals surface area contributed by atoms with Crippen molar-refractivity contribution >= 4 is 0 Å². The van der Waals surface area contributed by atoms with Crippen LogP contribution in [-0.2, 0) is 18.9 Å². The molecule has 11 N–H and O–H groups in total. The summed E-state index contributed by atoms with van der Waals surface area (Å²) in [6, 6.07) is 0. The SMILES string of the molecule is OC[C@H]1O[C@@H](OC2CC3C(O)CC(O)C(C4C5C(O)CC(O)CC5O[C@H](C5CCC(O)CC5)[C@H]4O)C3OC2C2CCC(O)CC2)[C@H](O)[C@@H](O)[C@@H]1O. The maximum absolute atomic E-state index is 12.3. The van der Waals surface area contributed by atoms with Crippen LogP contribution in [0.3, 0.4) is 0 Å². The number of hydrogen-bond donors (Lipinski definition) is 11. The molecule has 4 aliphatic carbocycles. The normalized spacial score (nSPS) is 56.9. The maximum Gasteiger partial charge on any atom is 0.187 e. The predicted octanol–water partition coefficient (Wildman–Crippen LogP) is -2.33. The van der Waals surface area contributed by atoms with Gasteiger partial charge in [0.05, 0.1) is 79.9 Å². The first-order valence-corrected chi connectivity index (χ1v) is 19.4. The van der Waals surface area contributed by atoms with Crippen molar-refractivity contribution in [1.82, 2.24) is 0 Å². The van der Waals surface area contributed by atoms with E-state index in [4.69, 9.17) is 18.9 Å². The van der Waals surface area contributed by atoms with E-state index in [1.165, 1.54) is 0 Å². The van der Waals surface area contributed by atoms with Crippen LogP contribution in [0.1, 0.15) is 77.0 Å². The van der Waals surface area contributed by atoms with Crippen LogP contribution in [0.4, 0.5) is 0 Å². The first-order chi connectivity index (χ1) is 24.4. The van der Waals surface area contributed by atoms with Gasteiger partial charge < -0.3 is 75.1 Å². The van der Waals surface area contributed by atoms with Crippen molar-refractivity contribution in [2.45, 2.75) is 181 Å². The van der Waals surface area contributed by atoms with Crippen LogP contribution < -0.4 is 0 Å². The second kappa shape index (κ2) is 15.9. The van der Waals surface area contributed by atoms with Gasteiger partial charge in [0.25, 0.3) is 0 Å². The van der Waals surface area contributed by atoms with Gasteiger partial charge >= 0.3 is 0 Å². The van der Waals surface area contributed by atoms with E-state index < -0.39 is 134 Å². The van der Waals surface area contributed by atoms with Crippen molar-refractivity contribution in [3.8, 4) is 0 Å². The molecular formula is C36H60O15. The number of aliphatic hydroxyl groups is 11. The molecule has 7 fully saturated rings. The van der Waals surface area contributed by atoms with E-state index in [0.29, 0.717) is 51.4 Å². The molecule has 51 heavy (non-hydrogen) atoms. The first kappa shape index (κ1) is 38.7. The molecule has 7 aliphatic rings. The molecule has 3 heterocycles. The molecule has 4 saturated carbocycles. The fourth-order valence-electron chi connectivity index (χ4n) is 11.2. The van der Waals surface area contributed by atoms with Crippen LogP contribution in [0.15, 0.2) is 0 Å². The molecule has 0 aromatic heterocycles. The van der Waals surface area contributed by atoms with Gasteiger partial charge in [-0.05, 0) is 88.9 Å². The summed E-state index contributed by atoms with van der Waals surface area (Å²) in [7, 11) is 0. The summed E-state index contributed by atoms with van der Waals surface area (Å²) in [4.78, 5) is 0. The Morgan fingerprint density at radius 2 is 1.08 bits per heavy atom. The molecule has 7 rings (SSSR count). The van der Waals surface area contributed by atoms with Gasteiger partial charge in [-0.25, -0.2) is 0 Å². The molecule has 294 valence electrons. The molecule has 0 spiro atoms. The van der Waals surface area contributed by atoms with E-state index in [2.05, 4.69) is 0 Å². The lowest BCUT2D eigenvalue weighted by Crippen LogP contribution is -2.68. The first-order valence-electron chi connectivity index (χ1n) is 19.4. The highest BCUT2D eigenvalue weighted by Crippen LogP contribution is 2.53. The number of aliphatic hydroxyl groups excluding tert-OH is 11. The molecule has 0 radical (unpaired) electrons. The summed E-state index contributed by atoms with van der Waals surface area (Å²) in [5, 5.41) is 120. The zero-order chi connectivity index (χ0) is 36.3. The van der Waals surface area contributed by atoms with Crippen LogP contribution in [0.5, 0.6) is 0 Å². The highest BCUT2D eigenvalue weighted by molar-refractivity contribution is 5.09. The fourth-order valence-corrected chi connectivity index (χ4v) is 11.2. The quantitative estimate of drug-likeness (QED) is 0.137. The summed E-state index contributed by atoms with van der Waals surface area (Å²) in [6.07, 6.45) is -11.7. The minimum absolute atomic E-state index is 0.0251. The lowest BCUT2D eigenvalue weighted by atomic mass is 9.57. The zero-order valence-corrected chi connectivity index (χ0v) is 29.0. The third-order valence-electron chi connectivity index (χ3n) is 13.8. The summed E-state index contributed by atoms with van der Waals surface area (Å²) in [6.45, 7) is -0.625. The smallest absolute Gasteiger partial charge is 0.187 e. The Morgan fingerprint density at radius 3 is 1.71 bits per heavy atom. The lowest BCUT2D eigenvalue weighted by Gasteiger charge is -2.59. The molecule has 19 atom stereocenters. The lowest BCUT2D eigenvalue weighted by molar-refractivity contribution is -0.340. The van der Waals surface area contributed by atoms with E-state index >= 15 is 0 Å². The largest absolute Gasteiger partial charge is 0.394 e. The van der Waals surface area contributed by atoms with Crippen LogP contribution in [0.25, 0.3) is 0 Å². The van der Waals surface area contributed by atoms with Gasteiger partial charge in [0.15, 0.2) is 6.29 Å². The van der Waals surface area contributed by atoms with Crippen LogP contribution in [-0.4, -0.2) is 167 Å². The van der Waals surface area contributed by atoms with Gasteiger partial charge in [0.2, 0.25) is 0 Å². The fraction of sp³-hybridized carbons (Fsp3) is 1.00. The zero-order valence-electron chi connectivity index (χ0n) is 29.0. The predicted molar refractivity (Wildman–Crippen MR) is 174 cm³/mol. The third kappa shape index (κ3) is 7.53. The molecule has 15 nitrogen and oxygen atoms in total. The molecule has 0 aromatic rings. The molecule has 0 bridgehead atoms. The van der Waals surface area contributed by atoms with Crippen molar-refractivity contribution in [2.24, 2.45) is 35.5 Å². The van der Waals surface area contributed by atoms with Gasteiger partial charge in [-0.1, -0.05) is 0 Å². The van der Waals surface area contributed by atoms with Crippen molar-refractivity contribution < 1.29 is 75.1 Å². The minimum atomic E-state index is -1.65. The topological polar surface area (TPSA) is 259 Å². The molecule has 3 saturated heterocycles. The van der Waals surface area contributed by atoms with E-state index in [1.807, 2.05) is 0 Å². The molecule has 0 amide bonds. The van der Waals surface area contributed by atoms with Gasteiger partial charge in [0, 0.05) is 23.7 Å². The molecule has 15 heteroatoms. The Bertz CT molecular complexity index is 1130. The molecule has 0 aromatic carbocycles. The Hall–Kier alpha value is -0.600. The van der Waals surface area contributed by atoms with Crippen molar-refractivity contribution in [2.75, 3.05) is 6.61 Å². The summed E-state index contributed by atoms with van der Waals surface area (Å²) in [5.74, 6) is -2.90. The second-order valence-electron chi connectivity index (χ2n) is 16.9. The standard InChI is InChI=1S/C36H60O15/c37-13-25-29(44)31(46)32(47)36(50-25)49-24-11-19-20(41)12-22(43)27(35(19)51-33(24)14-1-5-16(38)6-2-14)28-26-21(42)9-18(40)10-23(26)48-34(30(28)45)15-3-7-17(39)8-4-15/h14-47H,1-13H2/t14?,15?,16?,17?,18?,19?,20?,21?,22?,23?,24?,25-,26?,27?,28?,29-,30+,31+,32-,33?,34-,35?,36-/m1/s1. The van der Waals surface area contributed by atoms with E-state index in [1.54, 1.807) is 0 Å². The molecule has 3 aliphatic heterocycles. The van der Waals surface area contributed by atoms with Gasteiger partial charge in [-0.3, -0.25) is 0 Å². The van der Waals surface area contributed by atoms with Crippen LogP contribution in [0.2, 0.25) is 0 Å². The number of ether oxygens (including phenoxy) is 4. The average molecular weight is 733 g/mol. The molecular weight excluding hydrogens is 672 g/mol. The average Bonchev–Trinajstić information content (AvgIpc) is 3.10. The van der Waals surface area contributed by atoms with E-state index in [9.17, 15) is 56.2 Å². The summed E-state index contributed by atoms with van der Waals surface area (Å²) < 4.78 is 25.6. The van der Waals surface area contributed by atoms with Gasteiger partial charge in [0.1, 0.15) is 24.4 Å². The monoisotopic (exact) mass is 732 g/mol. The summed E-state index contributed by atoms with van der Waals surface area (Å²) >= 11 is 0. The number of fused-ring (bicyclic) bond motifs is 2. The van der Waals surface area contributed by atoms with Gasteiger partial charge in [-0.15, -0.1) is 0 Å². The Morgan fingerprint density at radius 1 is 0.471 bits per heavy atom. The van der Waals surface area contributed by atoms with E-state index in [0.717, 1.165) is 0 Å². The highest BCUT2D eigenvalue weighted by atomic mass is 16.7. The number of rotatable bonds is 6. The number of hydrogen-bond acceptors (Lipinski definition) is 15. The maximum atomic E-state index is 12.3. The van der Waals surface area contributed by atoms with Crippen molar-refractivity contribution in [3.05, 3.63) is 0 Å². The van der Waals surface area contributed by atoms with Gasteiger partial charge in [-0.2, -0.15) is 0 Å². The second-order valence-corrected chi connectivity index (χ2v) is 16.9. The highest BCUT2D eigenvalue weighted by Gasteiger charge is 2.62. The van der Waals surface area contributed by atoms with Crippen LogP contribution in [0, 0.1) is 35.5 Å². The molecule has 12 unspecified atom stereocenters. The van der Waals surface area contributed by atoms with Crippen molar-refractivity contribution in [3.63, 3.8) is 0 Å². The third-order valence-corrected chi connectivity index (χ3v) is 13.8. The minimum Gasteiger partial charge on any atom is -0.394 e. The van der Waals surface area contributed by atoms with E-state index in [-0.39, 0.29) is 37.5 Å².